The van der Waals surface area contributed by atoms with Crippen molar-refractivity contribution in [3.8, 4) is 5.75 Å². The summed E-state index contributed by atoms with van der Waals surface area (Å²) in [6.07, 6.45) is 1.09. The summed E-state index contributed by atoms with van der Waals surface area (Å²) in [6.45, 7) is 1.08. The first-order valence-corrected chi connectivity index (χ1v) is 9.83. The Morgan fingerprint density at radius 2 is 2.21 bits per heavy atom. The van der Waals surface area contributed by atoms with Gasteiger partial charge in [0.15, 0.2) is 5.82 Å². The highest BCUT2D eigenvalue weighted by atomic mass is 32.1. The first-order chi connectivity index (χ1) is 13.6. The van der Waals surface area contributed by atoms with E-state index in [-0.39, 0.29) is 11.8 Å². The molecule has 2 amide bonds. The quantitative estimate of drug-likeness (QED) is 0.694. The molecule has 0 spiro atoms. The Morgan fingerprint density at radius 1 is 1.32 bits per heavy atom. The van der Waals surface area contributed by atoms with Gasteiger partial charge in [-0.3, -0.25) is 14.7 Å². The van der Waals surface area contributed by atoms with Crippen molar-refractivity contribution in [2.45, 2.75) is 19.4 Å². The summed E-state index contributed by atoms with van der Waals surface area (Å²) in [5.41, 5.74) is 2.31. The van der Waals surface area contributed by atoms with Crippen LogP contribution in [0.2, 0.25) is 0 Å². The molecule has 144 valence electrons. The fourth-order valence-corrected chi connectivity index (χ4v) is 3.93. The van der Waals surface area contributed by atoms with Crippen molar-refractivity contribution in [2.75, 3.05) is 19.0 Å². The van der Waals surface area contributed by atoms with Gasteiger partial charge < -0.3 is 15.0 Å². The first kappa shape index (κ1) is 18.2. The maximum Gasteiger partial charge on any atom is 0.257 e. The van der Waals surface area contributed by atoms with Crippen LogP contribution in [0.4, 0.5) is 5.82 Å². The Hall–Kier alpha value is -3.13. The minimum absolute atomic E-state index is 0.0828. The number of fused-ring (bicyclic) bond motifs is 1. The molecule has 28 heavy (non-hydrogen) atoms. The van der Waals surface area contributed by atoms with Gasteiger partial charge in [-0.15, -0.1) is 11.3 Å². The third kappa shape index (κ3) is 3.77. The molecule has 3 heterocycles. The summed E-state index contributed by atoms with van der Waals surface area (Å²) in [5.74, 6) is 0.896. The number of anilines is 1. The second-order valence-corrected chi connectivity index (χ2v) is 7.57. The van der Waals surface area contributed by atoms with E-state index in [2.05, 4.69) is 15.5 Å². The number of benzene rings is 1. The first-order valence-electron chi connectivity index (χ1n) is 8.95. The van der Waals surface area contributed by atoms with Crippen LogP contribution in [0.25, 0.3) is 0 Å². The van der Waals surface area contributed by atoms with Gasteiger partial charge in [-0.05, 0) is 29.6 Å². The lowest BCUT2D eigenvalue weighted by molar-refractivity contribution is -0.131. The number of ether oxygens (including phenoxy) is 1. The van der Waals surface area contributed by atoms with Crippen molar-refractivity contribution in [3.05, 3.63) is 63.5 Å². The molecule has 1 aliphatic heterocycles. The second kappa shape index (κ2) is 7.85. The lowest BCUT2D eigenvalue weighted by atomic mass is 10.1. The zero-order valence-electron chi connectivity index (χ0n) is 15.4. The maximum atomic E-state index is 12.6. The molecule has 0 atom stereocenters. The number of nitrogens with one attached hydrogen (secondary N) is 2. The van der Waals surface area contributed by atoms with E-state index in [1.54, 1.807) is 42.7 Å². The minimum atomic E-state index is -0.268. The molecule has 8 heteroatoms. The minimum Gasteiger partial charge on any atom is -0.497 e. The number of carbonyl (C=O) groups excluding carboxylic acids is 2. The summed E-state index contributed by atoms with van der Waals surface area (Å²) in [5, 5.41) is 12.1. The van der Waals surface area contributed by atoms with Crippen LogP contribution in [-0.2, 0) is 24.2 Å². The van der Waals surface area contributed by atoms with Gasteiger partial charge in [0.2, 0.25) is 5.91 Å². The van der Waals surface area contributed by atoms with Crippen molar-refractivity contribution < 1.29 is 14.3 Å². The number of carbonyl (C=O) groups is 2. The zero-order valence-corrected chi connectivity index (χ0v) is 16.2. The number of methoxy groups -OCH3 is 1. The molecule has 7 nitrogen and oxygen atoms in total. The number of amides is 2. The Labute approximate surface area is 166 Å². The molecule has 0 bridgehead atoms. The predicted molar refractivity (Wildman–Crippen MR) is 107 cm³/mol. The van der Waals surface area contributed by atoms with Crippen LogP contribution in [0.3, 0.4) is 0 Å². The fourth-order valence-electron chi connectivity index (χ4n) is 3.23. The lowest BCUT2D eigenvalue weighted by Crippen LogP contribution is -2.37. The fraction of sp³-hybridized carbons (Fsp3) is 0.250. The molecule has 3 aromatic rings. The topological polar surface area (TPSA) is 87.3 Å². The van der Waals surface area contributed by atoms with Gasteiger partial charge in [0.1, 0.15) is 5.75 Å². The Morgan fingerprint density at radius 3 is 3.00 bits per heavy atom. The summed E-state index contributed by atoms with van der Waals surface area (Å²) < 4.78 is 5.17. The van der Waals surface area contributed by atoms with Crippen LogP contribution >= 0.6 is 11.3 Å². The van der Waals surface area contributed by atoms with E-state index >= 15 is 0 Å². The zero-order chi connectivity index (χ0) is 19.5. The molecule has 1 aliphatic rings. The monoisotopic (exact) mass is 396 g/mol. The van der Waals surface area contributed by atoms with E-state index in [1.165, 1.54) is 0 Å². The molecule has 2 aromatic heterocycles. The van der Waals surface area contributed by atoms with Gasteiger partial charge in [0.25, 0.3) is 5.91 Å². The summed E-state index contributed by atoms with van der Waals surface area (Å²) in [7, 11) is 1.56. The number of nitrogens with zero attached hydrogens (tertiary/aromatic N) is 2. The van der Waals surface area contributed by atoms with Gasteiger partial charge in [-0.1, -0.05) is 12.1 Å². The van der Waals surface area contributed by atoms with E-state index in [0.717, 1.165) is 16.1 Å². The van der Waals surface area contributed by atoms with E-state index < -0.39 is 0 Å². The van der Waals surface area contributed by atoms with E-state index in [4.69, 9.17) is 4.74 Å². The molecular weight excluding hydrogens is 376 g/mol. The largest absolute Gasteiger partial charge is 0.497 e. The molecule has 0 saturated carbocycles. The van der Waals surface area contributed by atoms with Crippen LogP contribution in [0.5, 0.6) is 5.75 Å². The normalized spacial score (nSPS) is 13.1. The van der Waals surface area contributed by atoms with Crippen LogP contribution in [0.1, 0.15) is 26.5 Å². The number of hydrogen-bond acceptors (Lipinski definition) is 5. The van der Waals surface area contributed by atoms with E-state index in [9.17, 15) is 9.59 Å². The smallest absolute Gasteiger partial charge is 0.257 e. The molecular formula is C20H20N4O3S. The van der Waals surface area contributed by atoms with E-state index in [0.29, 0.717) is 43.1 Å². The predicted octanol–water partition coefficient (Wildman–Crippen LogP) is 2.86. The number of aromatic nitrogens is 2. The number of thiophene rings is 1. The van der Waals surface area contributed by atoms with Crippen molar-refractivity contribution in [3.63, 3.8) is 0 Å². The molecule has 0 radical (unpaired) electrons. The average molecular weight is 396 g/mol. The highest BCUT2D eigenvalue weighted by Crippen LogP contribution is 2.25. The van der Waals surface area contributed by atoms with Gasteiger partial charge in [-0.2, -0.15) is 5.10 Å². The van der Waals surface area contributed by atoms with Crippen molar-refractivity contribution in [1.82, 2.24) is 15.1 Å². The van der Waals surface area contributed by atoms with E-state index in [1.807, 2.05) is 22.4 Å². The Bertz CT molecular complexity index is 997. The SMILES string of the molecule is COc1cccc(C(=O)Nc2n[nH]c3c2CN(C(=O)Cc2cccs2)CC3)c1. The third-order valence-corrected chi connectivity index (χ3v) is 5.63. The highest BCUT2D eigenvalue weighted by molar-refractivity contribution is 7.10. The molecule has 0 fully saturated rings. The van der Waals surface area contributed by atoms with Gasteiger partial charge in [0, 0.05) is 34.7 Å². The second-order valence-electron chi connectivity index (χ2n) is 6.54. The molecule has 4 rings (SSSR count). The van der Waals surface area contributed by atoms with Gasteiger partial charge in [-0.25, -0.2) is 0 Å². The molecule has 0 aliphatic carbocycles. The van der Waals surface area contributed by atoms with Crippen LogP contribution in [0, 0.1) is 0 Å². The van der Waals surface area contributed by atoms with Crippen LogP contribution in [-0.4, -0.2) is 40.6 Å². The van der Waals surface area contributed by atoms with Crippen LogP contribution in [0.15, 0.2) is 41.8 Å². The van der Waals surface area contributed by atoms with Gasteiger partial charge in [0.05, 0.1) is 20.1 Å². The average Bonchev–Trinajstić information content (AvgIpc) is 3.37. The van der Waals surface area contributed by atoms with Gasteiger partial charge >= 0.3 is 0 Å². The van der Waals surface area contributed by atoms with Crippen molar-refractivity contribution >= 4 is 29.0 Å². The van der Waals surface area contributed by atoms with Crippen molar-refractivity contribution in [1.29, 1.82) is 0 Å². The number of H-pyrrole nitrogens is 1. The molecule has 0 unspecified atom stereocenters. The van der Waals surface area contributed by atoms with Crippen molar-refractivity contribution in [2.24, 2.45) is 0 Å². The highest BCUT2D eigenvalue weighted by Gasteiger charge is 2.26. The lowest BCUT2D eigenvalue weighted by Gasteiger charge is -2.27. The standard InChI is InChI=1S/C20H20N4O3S/c1-27-14-5-2-4-13(10-14)20(26)21-19-16-12-24(8-7-17(16)22-23-19)18(25)11-15-6-3-9-28-15/h2-6,9-10H,7-8,11-12H2,1H3,(H2,21,22,23,26). The number of aromatic amines is 1. The molecule has 2 N–H and O–H groups in total. The number of hydrogen-bond donors (Lipinski definition) is 2. The van der Waals surface area contributed by atoms with Crippen LogP contribution < -0.4 is 10.1 Å². The summed E-state index contributed by atoms with van der Waals surface area (Å²) in [4.78, 5) is 28.1. The molecule has 1 aromatic carbocycles. The summed E-state index contributed by atoms with van der Waals surface area (Å²) in [6, 6.07) is 10.8. The Balaban J connectivity index is 1.47. The Kier molecular flexibility index (Phi) is 5.12. The molecule has 0 saturated heterocycles. The number of rotatable bonds is 5. The summed E-state index contributed by atoms with van der Waals surface area (Å²) >= 11 is 1.58. The third-order valence-electron chi connectivity index (χ3n) is 4.76. The maximum absolute atomic E-state index is 12.6.